The van der Waals surface area contributed by atoms with Crippen molar-refractivity contribution in [2.45, 2.75) is 38.5 Å². The molecule has 0 aromatic heterocycles. The van der Waals surface area contributed by atoms with Crippen LogP contribution in [0.3, 0.4) is 0 Å². The third-order valence-corrected chi connectivity index (χ3v) is 7.62. The number of nitrogens with one attached hydrogen (secondary N) is 1. The molecule has 0 unspecified atom stereocenters. The quantitative estimate of drug-likeness (QED) is 0.297. The van der Waals surface area contributed by atoms with Crippen molar-refractivity contribution in [3.05, 3.63) is 94.0 Å². The second-order valence-electron chi connectivity index (χ2n) is 8.31. The Hall–Kier alpha value is -2.97. The predicted molar refractivity (Wildman–Crippen MR) is 141 cm³/mol. The number of rotatable bonds is 8. The van der Waals surface area contributed by atoms with Crippen LogP contribution < -0.4 is 9.73 Å². The van der Waals surface area contributed by atoms with Crippen molar-refractivity contribution in [2.75, 3.05) is 10.8 Å². The molecule has 6 nitrogen and oxygen atoms in total. The molecule has 34 heavy (non-hydrogen) atoms. The molecule has 1 N–H and O–H groups in total. The Labute approximate surface area is 209 Å². The van der Waals surface area contributed by atoms with Crippen molar-refractivity contribution in [1.29, 1.82) is 0 Å². The van der Waals surface area contributed by atoms with Gasteiger partial charge in [0.25, 0.3) is 15.9 Å². The highest BCUT2D eigenvalue weighted by Crippen LogP contribution is 2.26. The van der Waals surface area contributed by atoms with E-state index in [1.165, 1.54) is 0 Å². The zero-order chi connectivity index (χ0) is 24.9. The van der Waals surface area contributed by atoms with Gasteiger partial charge in [0, 0.05) is 4.47 Å². The number of hydrogen-bond acceptors (Lipinski definition) is 4. The van der Waals surface area contributed by atoms with E-state index in [1.807, 2.05) is 43.3 Å². The fraction of sp³-hybridized carbons (Fsp3) is 0.231. The number of hydrogen-bond donors (Lipinski definition) is 1. The Morgan fingerprint density at radius 1 is 1.03 bits per heavy atom. The highest BCUT2D eigenvalue weighted by molar-refractivity contribution is 9.10. The lowest BCUT2D eigenvalue weighted by atomic mass is 10.0. The molecule has 0 aliphatic heterocycles. The van der Waals surface area contributed by atoms with Crippen LogP contribution in [-0.4, -0.2) is 26.6 Å². The largest absolute Gasteiger partial charge is 0.271 e. The number of sulfonamides is 1. The molecule has 0 aliphatic carbocycles. The highest BCUT2D eigenvalue weighted by atomic mass is 79.9. The van der Waals surface area contributed by atoms with Crippen molar-refractivity contribution < 1.29 is 13.2 Å². The van der Waals surface area contributed by atoms with Crippen LogP contribution >= 0.6 is 15.9 Å². The minimum Gasteiger partial charge on any atom is -0.271 e. The molecule has 0 heterocycles. The van der Waals surface area contributed by atoms with Gasteiger partial charge in [-0.25, -0.2) is 13.8 Å². The molecule has 0 bridgehead atoms. The van der Waals surface area contributed by atoms with E-state index in [4.69, 9.17) is 0 Å². The maximum Gasteiger partial charge on any atom is 0.264 e. The summed E-state index contributed by atoms with van der Waals surface area (Å²) in [6.45, 7) is 7.38. The summed E-state index contributed by atoms with van der Waals surface area (Å²) in [6, 6.07) is 21.3. The first-order valence-corrected chi connectivity index (χ1v) is 13.1. The summed E-state index contributed by atoms with van der Waals surface area (Å²) in [6.07, 6.45) is 0. The molecule has 0 saturated heterocycles. The highest BCUT2D eigenvalue weighted by Gasteiger charge is 2.27. The van der Waals surface area contributed by atoms with Gasteiger partial charge in [-0.3, -0.25) is 9.10 Å². The van der Waals surface area contributed by atoms with Gasteiger partial charge < -0.3 is 0 Å². The molecule has 0 radical (unpaired) electrons. The molecule has 3 rings (SSSR count). The van der Waals surface area contributed by atoms with E-state index >= 15 is 0 Å². The first kappa shape index (κ1) is 25.6. The van der Waals surface area contributed by atoms with E-state index in [9.17, 15) is 13.2 Å². The average molecular weight is 542 g/mol. The van der Waals surface area contributed by atoms with Crippen LogP contribution in [0.4, 0.5) is 5.69 Å². The van der Waals surface area contributed by atoms with Gasteiger partial charge in [-0.2, -0.15) is 5.10 Å². The summed E-state index contributed by atoms with van der Waals surface area (Å²) in [7, 11) is -3.98. The van der Waals surface area contributed by atoms with E-state index in [0.29, 0.717) is 17.3 Å². The molecule has 3 aromatic carbocycles. The van der Waals surface area contributed by atoms with Gasteiger partial charge in [0.2, 0.25) is 0 Å². The van der Waals surface area contributed by atoms with Gasteiger partial charge in [-0.05, 0) is 67.3 Å². The van der Waals surface area contributed by atoms with Gasteiger partial charge in [-0.15, -0.1) is 0 Å². The van der Waals surface area contributed by atoms with Gasteiger partial charge in [0.05, 0.1) is 16.3 Å². The molecule has 0 saturated carbocycles. The van der Waals surface area contributed by atoms with Crippen molar-refractivity contribution >= 4 is 43.3 Å². The monoisotopic (exact) mass is 541 g/mol. The number of benzene rings is 3. The van der Waals surface area contributed by atoms with Gasteiger partial charge in [0.15, 0.2) is 0 Å². The third kappa shape index (κ3) is 6.33. The van der Waals surface area contributed by atoms with Crippen molar-refractivity contribution in [3.8, 4) is 0 Å². The first-order valence-electron chi connectivity index (χ1n) is 10.9. The number of carbonyl (C=O) groups is 1. The van der Waals surface area contributed by atoms with Crippen LogP contribution in [0.1, 0.15) is 43.4 Å². The molecule has 0 aliphatic rings. The molecule has 1 amide bonds. The van der Waals surface area contributed by atoms with Crippen molar-refractivity contribution in [2.24, 2.45) is 5.10 Å². The summed E-state index contributed by atoms with van der Waals surface area (Å²) < 4.78 is 29.0. The second-order valence-corrected chi connectivity index (χ2v) is 11.1. The Bertz CT molecular complexity index is 1290. The second kappa shape index (κ2) is 11.0. The van der Waals surface area contributed by atoms with Gasteiger partial charge >= 0.3 is 0 Å². The third-order valence-electron chi connectivity index (χ3n) is 5.33. The van der Waals surface area contributed by atoms with Crippen LogP contribution in [0.25, 0.3) is 0 Å². The number of hydrazone groups is 1. The zero-order valence-electron chi connectivity index (χ0n) is 19.6. The summed E-state index contributed by atoms with van der Waals surface area (Å²) in [4.78, 5) is 12.9. The number of amides is 1. The van der Waals surface area contributed by atoms with Crippen LogP contribution in [0.5, 0.6) is 0 Å². The normalized spacial score (nSPS) is 12.0. The van der Waals surface area contributed by atoms with Crippen LogP contribution in [0.15, 0.2) is 87.3 Å². The maximum atomic E-state index is 13.5. The van der Waals surface area contributed by atoms with Crippen molar-refractivity contribution in [1.82, 2.24) is 5.43 Å². The molecular formula is C26H28BrN3O3S. The molecule has 0 atom stereocenters. The lowest BCUT2D eigenvalue weighted by molar-refractivity contribution is -0.119. The minimum atomic E-state index is -3.98. The summed E-state index contributed by atoms with van der Waals surface area (Å²) >= 11 is 3.42. The molecule has 3 aromatic rings. The Kier molecular flexibility index (Phi) is 8.28. The fourth-order valence-corrected chi connectivity index (χ4v) is 5.09. The van der Waals surface area contributed by atoms with Crippen LogP contribution in [-0.2, 0) is 14.8 Å². The first-order chi connectivity index (χ1) is 16.1. The molecule has 178 valence electrons. The lowest BCUT2D eigenvalue weighted by Crippen LogP contribution is -2.39. The SMILES string of the molecule is C/C(=N/NC(=O)CN(c1ccc(C(C)C)cc1)S(=O)(=O)c1ccc(C)cc1)c1cccc(Br)c1. The van der Waals surface area contributed by atoms with Crippen LogP contribution in [0, 0.1) is 6.92 Å². The molecule has 0 spiro atoms. The number of halogens is 1. The number of anilines is 1. The predicted octanol–water partition coefficient (Wildman–Crippen LogP) is 5.62. The van der Waals surface area contributed by atoms with E-state index in [-0.39, 0.29) is 4.90 Å². The van der Waals surface area contributed by atoms with E-state index in [1.54, 1.807) is 43.3 Å². The lowest BCUT2D eigenvalue weighted by Gasteiger charge is -2.24. The van der Waals surface area contributed by atoms with Gasteiger partial charge in [0.1, 0.15) is 6.54 Å². The zero-order valence-corrected chi connectivity index (χ0v) is 22.0. The smallest absolute Gasteiger partial charge is 0.264 e. The van der Waals surface area contributed by atoms with E-state index in [2.05, 4.69) is 40.3 Å². The maximum absolute atomic E-state index is 13.5. The standard InChI is InChI=1S/C26H28BrN3O3S/c1-18(2)21-10-12-24(13-11-21)30(34(32,33)25-14-8-19(3)9-15-25)17-26(31)29-28-20(4)22-6-5-7-23(27)16-22/h5-16,18H,17H2,1-4H3,(H,29,31)/b28-20-. The fourth-order valence-electron chi connectivity index (χ4n) is 3.27. The van der Waals surface area contributed by atoms with E-state index < -0.39 is 22.5 Å². The molecular weight excluding hydrogens is 514 g/mol. The Morgan fingerprint density at radius 3 is 2.26 bits per heavy atom. The van der Waals surface area contributed by atoms with E-state index in [0.717, 1.165) is 25.5 Å². The minimum absolute atomic E-state index is 0.118. The number of carbonyl (C=O) groups excluding carboxylic acids is 1. The number of nitrogens with zero attached hydrogens (tertiary/aromatic N) is 2. The van der Waals surface area contributed by atoms with Crippen LogP contribution in [0.2, 0.25) is 0 Å². The molecule has 8 heteroatoms. The number of aryl methyl sites for hydroxylation is 1. The Balaban J connectivity index is 1.89. The van der Waals surface area contributed by atoms with Gasteiger partial charge in [-0.1, -0.05) is 71.7 Å². The topological polar surface area (TPSA) is 78.8 Å². The van der Waals surface area contributed by atoms with Crippen molar-refractivity contribution in [3.63, 3.8) is 0 Å². The average Bonchev–Trinajstić information content (AvgIpc) is 2.81. The molecule has 0 fully saturated rings. The summed E-state index contributed by atoms with van der Waals surface area (Å²) in [5.74, 6) is -0.243. The Morgan fingerprint density at radius 2 is 1.68 bits per heavy atom. The summed E-state index contributed by atoms with van der Waals surface area (Å²) in [5, 5.41) is 4.16. The summed E-state index contributed by atoms with van der Waals surface area (Å²) in [5.41, 5.74) is 6.36.